The predicted octanol–water partition coefficient (Wildman–Crippen LogP) is 3.78. The molecule has 0 bridgehead atoms. The zero-order chi connectivity index (χ0) is 15.0. The van der Waals surface area contributed by atoms with Crippen LogP contribution in [0.2, 0.25) is 0 Å². The summed E-state index contributed by atoms with van der Waals surface area (Å²) < 4.78 is 7.86. The van der Waals surface area contributed by atoms with E-state index in [1.54, 1.807) is 0 Å². The second-order valence-electron chi connectivity index (χ2n) is 5.25. The summed E-state index contributed by atoms with van der Waals surface area (Å²) in [5.41, 5.74) is 4.23. The second kappa shape index (κ2) is 5.53. The number of oxazole rings is 1. The largest absolute Gasteiger partial charge is 0.444 e. The molecule has 21 heavy (non-hydrogen) atoms. The van der Waals surface area contributed by atoms with Crippen molar-refractivity contribution >= 4 is 22.6 Å². The summed E-state index contributed by atoms with van der Waals surface area (Å²) >= 11 is 5.92. The van der Waals surface area contributed by atoms with Crippen LogP contribution in [0.5, 0.6) is 0 Å². The molecule has 0 amide bonds. The average Bonchev–Trinajstić information content (AvgIpc) is 2.94. The molecular formula is C16H18ClN3O. The van der Waals surface area contributed by atoms with Crippen molar-refractivity contribution in [3.63, 3.8) is 0 Å². The van der Waals surface area contributed by atoms with E-state index in [1.807, 2.05) is 19.9 Å². The molecule has 0 atom stereocenters. The molecule has 0 saturated carbocycles. The number of aryl methyl sites for hydroxylation is 4. The number of halogens is 1. The Hall–Kier alpha value is -1.81. The number of para-hydroxylation sites is 1. The molecule has 110 valence electrons. The van der Waals surface area contributed by atoms with Gasteiger partial charge >= 0.3 is 0 Å². The van der Waals surface area contributed by atoms with E-state index < -0.39 is 0 Å². The fourth-order valence-electron chi connectivity index (χ4n) is 2.53. The average molecular weight is 304 g/mol. The van der Waals surface area contributed by atoms with Crippen LogP contribution >= 0.6 is 11.6 Å². The smallest absolute Gasteiger partial charge is 0.214 e. The zero-order valence-electron chi connectivity index (χ0n) is 12.5. The van der Waals surface area contributed by atoms with E-state index in [0.717, 1.165) is 34.7 Å². The van der Waals surface area contributed by atoms with Gasteiger partial charge in [0.05, 0.1) is 16.7 Å². The van der Waals surface area contributed by atoms with Gasteiger partial charge in [-0.25, -0.2) is 9.97 Å². The maximum atomic E-state index is 5.92. The third-order valence-electron chi connectivity index (χ3n) is 3.74. The van der Waals surface area contributed by atoms with Crippen LogP contribution in [0.1, 0.15) is 28.7 Å². The monoisotopic (exact) mass is 303 g/mol. The Bertz CT molecular complexity index is 769. The van der Waals surface area contributed by atoms with Crippen LogP contribution in [-0.2, 0) is 13.0 Å². The quantitative estimate of drug-likeness (QED) is 0.689. The standard InChI is InChI=1S/C16H18ClN3O/c1-10-5-4-6-13-16(10)19-14(7-8-17)20(13)9-15-18-11(2)12(3)21-15/h4-6H,7-9H2,1-3H3. The predicted molar refractivity (Wildman–Crippen MR) is 84.0 cm³/mol. The molecule has 0 fully saturated rings. The Morgan fingerprint density at radius 1 is 1.19 bits per heavy atom. The number of nitrogens with zero attached hydrogens (tertiary/aromatic N) is 3. The second-order valence-corrected chi connectivity index (χ2v) is 5.62. The summed E-state index contributed by atoms with van der Waals surface area (Å²) in [6.45, 7) is 6.55. The van der Waals surface area contributed by atoms with E-state index in [0.29, 0.717) is 18.3 Å². The first-order valence-corrected chi connectivity index (χ1v) is 7.57. The van der Waals surface area contributed by atoms with Gasteiger partial charge < -0.3 is 8.98 Å². The van der Waals surface area contributed by atoms with E-state index >= 15 is 0 Å². The number of fused-ring (bicyclic) bond motifs is 1. The van der Waals surface area contributed by atoms with E-state index in [9.17, 15) is 0 Å². The molecular weight excluding hydrogens is 286 g/mol. The van der Waals surface area contributed by atoms with Crippen molar-refractivity contribution in [1.29, 1.82) is 0 Å². The van der Waals surface area contributed by atoms with E-state index in [1.165, 1.54) is 5.56 Å². The van der Waals surface area contributed by atoms with Crippen molar-refractivity contribution in [3.8, 4) is 0 Å². The van der Waals surface area contributed by atoms with Gasteiger partial charge in [0.2, 0.25) is 5.89 Å². The minimum absolute atomic E-state index is 0.548. The number of aromatic nitrogens is 3. The SMILES string of the molecule is Cc1nc(Cn2c(CCCl)nc3c(C)cccc32)oc1C. The van der Waals surface area contributed by atoms with Gasteiger partial charge in [-0.1, -0.05) is 12.1 Å². The maximum Gasteiger partial charge on any atom is 0.214 e. The minimum Gasteiger partial charge on any atom is -0.444 e. The van der Waals surface area contributed by atoms with Crippen molar-refractivity contribution in [1.82, 2.24) is 14.5 Å². The highest BCUT2D eigenvalue weighted by molar-refractivity contribution is 6.17. The number of alkyl halides is 1. The number of benzene rings is 1. The number of hydrogen-bond donors (Lipinski definition) is 0. The summed E-state index contributed by atoms with van der Waals surface area (Å²) in [5.74, 6) is 3.10. The molecule has 0 unspecified atom stereocenters. The molecule has 0 aliphatic heterocycles. The normalized spacial score (nSPS) is 11.4. The summed E-state index contributed by atoms with van der Waals surface area (Å²) in [6.07, 6.45) is 0.731. The highest BCUT2D eigenvalue weighted by atomic mass is 35.5. The molecule has 2 heterocycles. The van der Waals surface area contributed by atoms with E-state index in [4.69, 9.17) is 21.0 Å². The highest BCUT2D eigenvalue weighted by Crippen LogP contribution is 2.22. The fraction of sp³-hybridized carbons (Fsp3) is 0.375. The first-order chi connectivity index (χ1) is 10.1. The van der Waals surface area contributed by atoms with Crippen LogP contribution in [0.15, 0.2) is 22.6 Å². The highest BCUT2D eigenvalue weighted by Gasteiger charge is 2.15. The van der Waals surface area contributed by atoms with Crippen molar-refractivity contribution in [3.05, 3.63) is 46.9 Å². The van der Waals surface area contributed by atoms with Gasteiger partial charge in [-0.15, -0.1) is 11.6 Å². The van der Waals surface area contributed by atoms with Crippen molar-refractivity contribution in [2.24, 2.45) is 0 Å². The lowest BCUT2D eigenvalue weighted by molar-refractivity contribution is 0.456. The maximum absolute atomic E-state index is 5.92. The molecule has 0 radical (unpaired) electrons. The molecule has 2 aromatic heterocycles. The minimum atomic E-state index is 0.548. The summed E-state index contributed by atoms with van der Waals surface area (Å²) in [5, 5.41) is 0. The van der Waals surface area contributed by atoms with Crippen molar-refractivity contribution < 1.29 is 4.42 Å². The van der Waals surface area contributed by atoms with Crippen LogP contribution in [0.3, 0.4) is 0 Å². The first kappa shape index (κ1) is 14.1. The molecule has 0 N–H and O–H groups in total. The van der Waals surface area contributed by atoms with Crippen molar-refractivity contribution in [2.75, 3.05) is 5.88 Å². The van der Waals surface area contributed by atoms with E-state index in [-0.39, 0.29) is 0 Å². The Balaban J connectivity index is 2.10. The Morgan fingerprint density at radius 2 is 2.00 bits per heavy atom. The molecule has 5 heteroatoms. The molecule has 4 nitrogen and oxygen atoms in total. The molecule has 0 saturated heterocycles. The van der Waals surface area contributed by atoms with Crippen LogP contribution in [0.25, 0.3) is 11.0 Å². The molecule has 0 aliphatic carbocycles. The number of hydrogen-bond acceptors (Lipinski definition) is 3. The Morgan fingerprint density at radius 3 is 2.67 bits per heavy atom. The van der Waals surface area contributed by atoms with E-state index in [2.05, 4.69) is 28.6 Å². The molecule has 0 spiro atoms. The van der Waals surface area contributed by atoms with Crippen LogP contribution < -0.4 is 0 Å². The van der Waals surface area contributed by atoms with Gasteiger partial charge in [-0.3, -0.25) is 0 Å². The first-order valence-electron chi connectivity index (χ1n) is 7.03. The van der Waals surface area contributed by atoms with Crippen LogP contribution in [0, 0.1) is 20.8 Å². The Labute approximate surface area is 128 Å². The topological polar surface area (TPSA) is 43.9 Å². The third-order valence-corrected chi connectivity index (χ3v) is 3.93. The fourth-order valence-corrected chi connectivity index (χ4v) is 2.70. The number of imidazole rings is 1. The third kappa shape index (κ3) is 2.56. The lowest BCUT2D eigenvalue weighted by Crippen LogP contribution is -2.06. The number of rotatable bonds is 4. The summed E-state index contributed by atoms with van der Waals surface area (Å²) in [4.78, 5) is 9.20. The van der Waals surface area contributed by atoms with Crippen LogP contribution in [-0.4, -0.2) is 20.4 Å². The van der Waals surface area contributed by atoms with Gasteiger partial charge in [0.15, 0.2) is 0 Å². The van der Waals surface area contributed by atoms with Gasteiger partial charge in [-0.2, -0.15) is 0 Å². The lowest BCUT2D eigenvalue weighted by atomic mass is 10.2. The van der Waals surface area contributed by atoms with Gasteiger partial charge in [-0.05, 0) is 32.4 Å². The Kier molecular flexibility index (Phi) is 3.72. The van der Waals surface area contributed by atoms with Gasteiger partial charge in [0, 0.05) is 12.3 Å². The van der Waals surface area contributed by atoms with Crippen LogP contribution in [0.4, 0.5) is 0 Å². The molecule has 3 rings (SSSR count). The summed E-state index contributed by atoms with van der Waals surface area (Å²) in [7, 11) is 0. The molecule has 1 aromatic carbocycles. The summed E-state index contributed by atoms with van der Waals surface area (Å²) in [6, 6.07) is 6.20. The molecule has 0 aliphatic rings. The van der Waals surface area contributed by atoms with Gasteiger partial charge in [0.1, 0.15) is 18.1 Å². The van der Waals surface area contributed by atoms with Crippen molar-refractivity contribution in [2.45, 2.75) is 33.7 Å². The zero-order valence-corrected chi connectivity index (χ0v) is 13.2. The van der Waals surface area contributed by atoms with Gasteiger partial charge in [0.25, 0.3) is 0 Å². The molecule has 3 aromatic rings. The lowest BCUT2D eigenvalue weighted by Gasteiger charge is -2.05.